The molecular weight excluding hydrogens is 455 g/mol. The standard InChI is InChI=1S/C26H19FN2O4S/c1-14-7-9-15(10-8-14)23(30)21-22(17-5-3-4-6-19(17)33-2)29(25(32)24(21)31)26-28-18-12-11-16(27)13-20(18)34-26/h3-13,21-22H,1-2H3. The lowest BCUT2D eigenvalue weighted by Gasteiger charge is -2.26. The maximum absolute atomic E-state index is 13.8. The number of methoxy groups -OCH3 is 1. The minimum absolute atomic E-state index is 0.217. The van der Waals surface area contributed by atoms with Gasteiger partial charge < -0.3 is 4.74 Å². The van der Waals surface area contributed by atoms with Gasteiger partial charge >= 0.3 is 0 Å². The quantitative estimate of drug-likeness (QED) is 0.233. The molecule has 1 aromatic heterocycles. The van der Waals surface area contributed by atoms with Gasteiger partial charge in [0.15, 0.2) is 10.9 Å². The van der Waals surface area contributed by atoms with Crippen molar-refractivity contribution in [2.45, 2.75) is 13.0 Å². The number of anilines is 1. The monoisotopic (exact) mass is 474 g/mol. The number of halogens is 1. The van der Waals surface area contributed by atoms with Gasteiger partial charge in [-0.3, -0.25) is 19.3 Å². The molecule has 4 aromatic rings. The molecule has 0 radical (unpaired) electrons. The van der Waals surface area contributed by atoms with Crippen LogP contribution < -0.4 is 9.64 Å². The summed E-state index contributed by atoms with van der Waals surface area (Å²) in [6.07, 6.45) is 0. The molecule has 0 bridgehead atoms. The van der Waals surface area contributed by atoms with E-state index >= 15 is 0 Å². The van der Waals surface area contributed by atoms with Crippen molar-refractivity contribution in [1.82, 2.24) is 4.98 Å². The van der Waals surface area contributed by atoms with Gasteiger partial charge in [0.2, 0.25) is 5.78 Å². The molecule has 1 saturated heterocycles. The molecule has 8 heteroatoms. The average molecular weight is 475 g/mol. The second-order valence-electron chi connectivity index (χ2n) is 8.04. The van der Waals surface area contributed by atoms with Crippen molar-refractivity contribution in [2.75, 3.05) is 12.0 Å². The Bertz CT molecular complexity index is 1450. The van der Waals surface area contributed by atoms with Gasteiger partial charge in [-0.15, -0.1) is 0 Å². The highest BCUT2D eigenvalue weighted by Crippen LogP contribution is 2.45. The number of aryl methyl sites for hydroxylation is 1. The van der Waals surface area contributed by atoms with Crippen LogP contribution in [-0.2, 0) is 9.59 Å². The number of Topliss-reactive ketones (excluding diaryl/α,β-unsaturated/α-hetero) is 2. The predicted octanol–water partition coefficient (Wildman–Crippen LogP) is 4.91. The van der Waals surface area contributed by atoms with Crippen molar-refractivity contribution < 1.29 is 23.5 Å². The number of carbonyl (C=O) groups excluding carboxylic acids is 3. The topological polar surface area (TPSA) is 76.6 Å². The molecule has 34 heavy (non-hydrogen) atoms. The van der Waals surface area contributed by atoms with E-state index in [1.54, 1.807) is 48.5 Å². The first-order valence-electron chi connectivity index (χ1n) is 10.6. The Morgan fingerprint density at radius 2 is 1.79 bits per heavy atom. The fraction of sp³-hybridized carbons (Fsp3) is 0.154. The Morgan fingerprint density at radius 3 is 2.53 bits per heavy atom. The number of carbonyl (C=O) groups is 3. The van der Waals surface area contributed by atoms with Gasteiger partial charge in [0.25, 0.3) is 5.91 Å². The molecule has 1 aliphatic rings. The van der Waals surface area contributed by atoms with Gasteiger partial charge in [-0.2, -0.15) is 0 Å². The van der Waals surface area contributed by atoms with Crippen LogP contribution in [-0.4, -0.2) is 29.6 Å². The number of ether oxygens (including phenoxy) is 1. The number of hydrogen-bond acceptors (Lipinski definition) is 6. The third-order valence-electron chi connectivity index (χ3n) is 5.93. The number of benzene rings is 3. The van der Waals surface area contributed by atoms with Gasteiger partial charge in [-0.05, 0) is 31.2 Å². The third-order valence-corrected chi connectivity index (χ3v) is 6.94. The highest BCUT2D eigenvalue weighted by Gasteiger charge is 2.54. The Labute approximate surface area is 198 Å². The van der Waals surface area contributed by atoms with Gasteiger partial charge in [0.05, 0.1) is 23.4 Å². The van der Waals surface area contributed by atoms with E-state index in [2.05, 4.69) is 4.98 Å². The summed E-state index contributed by atoms with van der Waals surface area (Å²) in [7, 11) is 1.49. The number of aromatic nitrogens is 1. The van der Waals surface area contributed by atoms with Crippen LogP contribution in [0.4, 0.5) is 9.52 Å². The van der Waals surface area contributed by atoms with E-state index in [0.29, 0.717) is 27.1 Å². The van der Waals surface area contributed by atoms with E-state index < -0.39 is 35.3 Å². The first kappa shape index (κ1) is 21.9. The summed E-state index contributed by atoms with van der Waals surface area (Å²) in [6.45, 7) is 1.90. The van der Waals surface area contributed by atoms with Crippen LogP contribution >= 0.6 is 11.3 Å². The molecule has 0 N–H and O–H groups in total. The van der Waals surface area contributed by atoms with E-state index in [9.17, 15) is 18.8 Å². The van der Waals surface area contributed by atoms with Crippen LogP contribution in [0.1, 0.15) is 27.5 Å². The van der Waals surface area contributed by atoms with Gasteiger partial charge in [0, 0.05) is 11.1 Å². The van der Waals surface area contributed by atoms with E-state index in [-0.39, 0.29) is 5.13 Å². The Balaban J connectivity index is 1.69. The molecule has 170 valence electrons. The van der Waals surface area contributed by atoms with E-state index in [0.717, 1.165) is 16.9 Å². The molecule has 0 saturated carbocycles. The second-order valence-corrected chi connectivity index (χ2v) is 9.05. The van der Waals surface area contributed by atoms with Crippen LogP contribution in [0.5, 0.6) is 5.75 Å². The summed E-state index contributed by atoms with van der Waals surface area (Å²) in [5.74, 6) is -3.37. The first-order valence-corrected chi connectivity index (χ1v) is 11.4. The molecule has 2 atom stereocenters. The third kappa shape index (κ3) is 3.56. The fourth-order valence-corrected chi connectivity index (χ4v) is 5.28. The zero-order valence-corrected chi connectivity index (χ0v) is 19.1. The number of amides is 1. The fourth-order valence-electron chi connectivity index (χ4n) is 4.25. The molecule has 0 aliphatic carbocycles. The molecule has 3 aromatic carbocycles. The van der Waals surface area contributed by atoms with Crippen LogP contribution in [0.15, 0.2) is 66.7 Å². The lowest BCUT2D eigenvalue weighted by molar-refractivity contribution is -0.135. The smallest absolute Gasteiger partial charge is 0.297 e. The molecule has 5 rings (SSSR count). The summed E-state index contributed by atoms with van der Waals surface area (Å²) < 4.78 is 19.8. The second kappa shape index (κ2) is 8.46. The highest BCUT2D eigenvalue weighted by molar-refractivity contribution is 7.22. The zero-order chi connectivity index (χ0) is 24.0. The molecule has 2 heterocycles. The number of hydrogen-bond donors (Lipinski definition) is 0. The normalized spacial score (nSPS) is 18.0. The lowest BCUT2D eigenvalue weighted by Crippen LogP contribution is -2.30. The summed E-state index contributed by atoms with van der Waals surface area (Å²) >= 11 is 1.09. The SMILES string of the molecule is COc1ccccc1C1C(C(=O)c2ccc(C)cc2)C(=O)C(=O)N1c1nc2ccc(F)cc2s1. The molecule has 1 aliphatic heterocycles. The number of nitrogens with zero attached hydrogens (tertiary/aromatic N) is 2. The predicted molar refractivity (Wildman–Crippen MR) is 127 cm³/mol. The van der Waals surface area contributed by atoms with Crippen molar-refractivity contribution in [3.8, 4) is 5.75 Å². The molecule has 1 fully saturated rings. The van der Waals surface area contributed by atoms with Crippen LogP contribution in [0, 0.1) is 18.7 Å². The van der Waals surface area contributed by atoms with Gasteiger partial charge in [-0.25, -0.2) is 9.37 Å². The number of para-hydroxylation sites is 1. The molecule has 1 amide bonds. The van der Waals surface area contributed by atoms with Crippen molar-refractivity contribution >= 4 is 44.2 Å². The first-order chi connectivity index (χ1) is 16.4. The number of rotatable bonds is 5. The minimum atomic E-state index is -1.28. The van der Waals surface area contributed by atoms with Crippen molar-refractivity contribution in [1.29, 1.82) is 0 Å². The van der Waals surface area contributed by atoms with Crippen molar-refractivity contribution in [3.05, 3.63) is 89.2 Å². The van der Waals surface area contributed by atoms with Crippen LogP contribution in [0.25, 0.3) is 10.2 Å². The molecular formula is C26H19FN2O4S. The largest absolute Gasteiger partial charge is 0.496 e. The van der Waals surface area contributed by atoms with Gasteiger partial charge in [-0.1, -0.05) is 59.4 Å². The Kier molecular flexibility index (Phi) is 5.45. The maximum Gasteiger partial charge on any atom is 0.297 e. The lowest BCUT2D eigenvalue weighted by atomic mass is 9.86. The highest BCUT2D eigenvalue weighted by atomic mass is 32.1. The van der Waals surface area contributed by atoms with E-state index in [1.165, 1.54) is 30.2 Å². The van der Waals surface area contributed by atoms with E-state index in [4.69, 9.17) is 4.74 Å². The van der Waals surface area contributed by atoms with E-state index in [1.807, 2.05) is 6.92 Å². The summed E-state index contributed by atoms with van der Waals surface area (Å²) in [5, 5.41) is 0.217. The van der Waals surface area contributed by atoms with Crippen molar-refractivity contribution in [2.24, 2.45) is 5.92 Å². The number of ketones is 2. The molecule has 6 nitrogen and oxygen atoms in total. The number of fused-ring (bicyclic) bond motifs is 1. The van der Waals surface area contributed by atoms with Crippen LogP contribution in [0.3, 0.4) is 0 Å². The Hall–Kier alpha value is -3.91. The summed E-state index contributed by atoms with van der Waals surface area (Å²) in [5.41, 5.74) is 2.31. The zero-order valence-electron chi connectivity index (χ0n) is 18.3. The number of thiazole rings is 1. The van der Waals surface area contributed by atoms with Gasteiger partial charge in [0.1, 0.15) is 17.5 Å². The minimum Gasteiger partial charge on any atom is -0.496 e. The summed E-state index contributed by atoms with van der Waals surface area (Å²) in [4.78, 5) is 45.9. The molecule has 0 spiro atoms. The maximum atomic E-state index is 13.8. The average Bonchev–Trinajstić information content (AvgIpc) is 3.36. The van der Waals surface area contributed by atoms with Crippen LogP contribution in [0.2, 0.25) is 0 Å². The van der Waals surface area contributed by atoms with Crippen molar-refractivity contribution in [3.63, 3.8) is 0 Å². The Morgan fingerprint density at radius 1 is 1.06 bits per heavy atom. The molecule has 2 unspecified atom stereocenters. The summed E-state index contributed by atoms with van der Waals surface area (Å²) in [6, 6.07) is 17.0.